The minimum atomic E-state index is -1.60. The Kier molecular flexibility index (Phi) is 2.70. The summed E-state index contributed by atoms with van der Waals surface area (Å²) in [6, 6.07) is 1.40. The number of benzene rings is 1. The number of carbonyl (C=O) groups is 1. The van der Waals surface area contributed by atoms with E-state index in [0.29, 0.717) is 12.1 Å². The Morgan fingerprint density at radius 3 is 2.22 bits per heavy atom. The van der Waals surface area contributed by atoms with Gasteiger partial charge in [0.15, 0.2) is 17.5 Å². The second-order valence-electron chi connectivity index (χ2n) is 3.44. The molecule has 0 atom stereocenters. The average molecular weight is 256 g/mol. The number of hydrogen-bond acceptors (Lipinski definition) is 3. The van der Waals surface area contributed by atoms with Crippen molar-refractivity contribution in [1.29, 1.82) is 0 Å². The summed E-state index contributed by atoms with van der Waals surface area (Å²) in [5.74, 6) is -5.39. The number of nitrogen functional groups attached to an aromatic ring is 1. The maximum absolute atomic E-state index is 13.0. The number of amides is 1. The zero-order valence-electron chi connectivity index (χ0n) is 8.82. The molecule has 0 aliphatic rings. The van der Waals surface area contributed by atoms with E-state index in [1.165, 1.54) is 0 Å². The Morgan fingerprint density at radius 1 is 1.22 bits per heavy atom. The fourth-order valence-corrected chi connectivity index (χ4v) is 1.42. The lowest BCUT2D eigenvalue weighted by molar-refractivity contribution is 0.100. The molecule has 0 bridgehead atoms. The highest BCUT2D eigenvalue weighted by Crippen LogP contribution is 2.20. The Labute approximate surface area is 98.8 Å². The van der Waals surface area contributed by atoms with Crippen molar-refractivity contribution in [3.63, 3.8) is 0 Å². The molecular weight excluding hydrogens is 249 g/mol. The van der Waals surface area contributed by atoms with Crippen molar-refractivity contribution in [3.05, 3.63) is 41.3 Å². The fraction of sp³-hybridized carbons (Fsp3) is 0. The van der Waals surface area contributed by atoms with Crippen molar-refractivity contribution in [2.24, 2.45) is 5.73 Å². The standard InChI is InChI=1S/C10H7F3N4O/c11-6-1-4(2-7(12)8(6)13)17-9(14)5(3-16-17)10(15)18/h1-3H,14H2,(H2,15,18). The van der Waals surface area contributed by atoms with Crippen LogP contribution >= 0.6 is 0 Å². The van der Waals surface area contributed by atoms with Gasteiger partial charge in [0.25, 0.3) is 5.91 Å². The summed E-state index contributed by atoms with van der Waals surface area (Å²) in [5.41, 5.74) is 10.3. The first-order valence-corrected chi connectivity index (χ1v) is 4.70. The third-order valence-corrected chi connectivity index (χ3v) is 2.29. The molecule has 0 radical (unpaired) electrons. The van der Waals surface area contributed by atoms with Crippen molar-refractivity contribution < 1.29 is 18.0 Å². The molecule has 1 heterocycles. The topological polar surface area (TPSA) is 86.9 Å². The quantitative estimate of drug-likeness (QED) is 0.785. The average Bonchev–Trinajstić information content (AvgIpc) is 2.67. The van der Waals surface area contributed by atoms with Crippen LogP contribution in [-0.2, 0) is 0 Å². The molecule has 18 heavy (non-hydrogen) atoms. The Hall–Kier alpha value is -2.51. The number of rotatable bonds is 2. The van der Waals surface area contributed by atoms with Crippen LogP contribution in [0.1, 0.15) is 10.4 Å². The summed E-state index contributed by atoms with van der Waals surface area (Å²) in [4.78, 5) is 10.9. The molecule has 0 fully saturated rings. The first kappa shape index (κ1) is 12.0. The van der Waals surface area contributed by atoms with Crippen LogP contribution < -0.4 is 11.5 Å². The van der Waals surface area contributed by atoms with Crippen LogP contribution in [-0.4, -0.2) is 15.7 Å². The van der Waals surface area contributed by atoms with Crippen molar-refractivity contribution in [3.8, 4) is 5.69 Å². The minimum absolute atomic E-state index is 0.0971. The van der Waals surface area contributed by atoms with Crippen LogP contribution in [0.4, 0.5) is 19.0 Å². The number of hydrogen-bond donors (Lipinski definition) is 2. The molecule has 2 aromatic rings. The first-order chi connectivity index (χ1) is 8.41. The Balaban J connectivity index is 2.59. The summed E-state index contributed by atoms with van der Waals surface area (Å²) in [6.45, 7) is 0. The second kappa shape index (κ2) is 4.06. The number of halogens is 3. The monoisotopic (exact) mass is 256 g/mol. The molecule has 5 nitrogen and oxygen atoms in total. The summed E-state index contributed by atoms with van der Waals surface area (Å²) < 4.78 is 39.7. The highest BCUT2D eigenvalue weighted by molar-refractivity contribution is 5.97. The number of nitrogens with zero attached hydrogens (tertiary/aromatic N) is 2. The van der Waals surface area contributed by atoms with Crippen LogP contribution in [0.5, 0.6) is 0 Å². The second-order valence-corrected chi connectivity index (χ2v) is 3.44. The van der Waals surface area contributed by atoms with E-state index in [-0.39, 0.29) is 17.1 Å². The summed E-state index contributed by atoms with van der Waals surface area (Å²) in [5, 5.41) is 3.65. The van der Waals surface area contributed by atoms with Crippen LogP contribution in [0.25, 0.3) is 5.69 Å². The summed E-state index contributed by atoms with van der Waals surface area (Å²) in [6.07, 6.45) is 1.05. The highest BCUT2D eigenvalue weighted by Gasteiger charge is 2.17. The van der Waals surface area contributed by atoms with Gasteiger partial charge in [0.05, 0.1) is 11.9 Å². The molecule has 0 saturated carbocycles. The molecule has 0 aliphatic carbocycles. The Morgan fingerprint density at radius 2 is 1.78 bits per heavy atom. The molecule has 0 spiro atoms. The van der Waals surface area contributed by atoms with Crippen LogP contribution in [0.15, 0.2) is 18.3 Å². The fourth-order valence-electron chi connectivity index (χ4n) is 1.42. The zero-order chi connectivity index (χ0) is 13.4. The highest BCUT2D eigenvalue weighted by atomic mass is 19.2. The van der Waals surface area contributed by atoms with Gasteiger partial charge in [-0.3, -0.25) is 4.79 Å². The molecule has 0 unspecified atom stereocenters. The van der Waals surface area contributed by atoms with Crippen molar-refractivity contribution in [2.75, 3.05) is 5.73 Å². The maximum atomic E-state index is 13.0. The number of carbonyl (C=O) groups excluding carboxylic acids is 1. The van der Waals surface area contributed by atoms with Gasteiger partial charge in [-0.1, -0.05) is 0 Å². The molecule has 94 valence electrons. The Bertz CT molecular complexity index is 615. The van der Waals surface area contributed by atoms with Crippen molar-refractivity contribution in [1.82, 2.24) is 9.78 Å². The number of primary amides is 1. The van der Waals surface area contributed by atoms with E-state index in [9.17, 15) is 18.0 Å². The van der Waals surface area contributed by atoms with Gasteiger partial charge >= 0.3 is 0 Å². The van der Waals surface area contributed by atoms with Gasteiger partial charge in [-0.2, -0.15) is 5.10 Å². The molecule has 8 heteroatoms. The van der Waals surface area contributed by atoms with Gasteiger partial charge in [0, 0.05) is 12.1 Å². The van der Waals surface area contributed by atoms with Gasteiger partial charge in [0.1, 0.15) is 11.4 Å². The molecule has 2 rings (SSSR count). The smallest absolute Gasteiger partial charge is 0.254 e. The van der Waals surface area contributed by atoms with Crippen LogP contribution in [0.3, 0.4) is 0 Å². The lowest BCUT2D eigenvalue weighted by atomic mass is 10.2. The molecule has 1 aromatic carbocycles. The van der Waals surface area contributed by atoms with Gasteiger partial charge in [-0.05, 0) is 0 Å². The van der Waals surface area contributed by atoms with E-state index in [1.807, 2.05) is 0 Å². The van der Waals surface area contributed by atoms with E-state index in [1.54, 1.807) is 0 Å². The molecule has 0 aliphatic heterocycles. The number of aromatic nitrogens is 2. The van der Waals surface area contributed by atoms with E-state index in [0.717, 1.165) is 10.9 Å². The van der Waals surface area contributed by atoms with Gasteiger partial charge in [-0.25, -0.2) is 17.9 Å². The zero-order valence-corrected chi connectivity index (χ0v) is 8.82. The van der Waals surface area contributed by atoms with Gasteiger partial charge in [-0.15, -0.1) is 0 Å². The normalized spacial score (nSPS) is 10.6. The summed E-state index contributed by atoms with van der Waals surface area (Å²) >= 11 is 0. The number of anilines is 1. The van der Waals surface area contributed by atoms with Gasteiger partial charge < -0.3 is 11.5 Å². The van der Waals surface area contributed by atoms with Crippen LogP contribution in [0, 0.1) is 17.5 Å². The van der Waals surface area contributed by atoms with Crippen molar-refractivity contribution in [2.45, 2.75) is 0 Å². The van der Waals surface area contributed by atoms with E-state index in [2.05, 4.69) is 5.10 Å². The number of nitrogens with two attached hydrogens (primary N) is 2. The minimum Gasteiger partial charge on any atom is -0.383 e. The molecule has 1 amide bonds. The summed E-state index contributed by atoms with van der Waals surface area (Å²) in [7, 11) is 0. The predicted molar refractivity (Wildman–Crippen MR) is 56.4 cm³/mol. The van der Waals surface area contributed by atoms with Crippen molar-refractivity contribution >= 4 is 11.7 Å². The third kappa shape index (κ3) is 1.77. The molecule has 4 N–H and O–H groups in total. The largest absolute Gasteiger partial charge is 0.383 e. The van der Waals surface area contributed by atoms with E-state index < -0.39 is 23.4 Å². The van der Waals surface area contributed by atoms with Crippen LogP contribution in [0.2, 0.25) is 0 Å². The lowest BCUT2D eigenvalue weighted by Crippen LogP contribution is -2.13. The molecule has 0 saturated heterocycles. The predicted octanol–water partition coefficient (Wildman–Crippen LogP) is 0.971. The third-order valence-electron chi connectivity index (χ3n) is 2.29. The molecular formula is C10H7F3N4O. The molecule has 1 aromatic heterocycles. The lowest BCUT2D eigenvalue weighted by Gasteiger charge is -2.05. The maximum Gasteiger partial charge on any atom is 0.254 e. The van der Waals surface area contributed by atoms with Gasteiger partial charge in [0.2, 0.25) is 0 Å². The van der Waals surface area contributed by atoms with E-state index in [4.69, 9.17) is 11.5 Å². The SMILES string of the molecule is NC(=O)c1cnn(-c2cc(F)c(F)c(F)c2)c1N. The first-order valence-electron chi connectivity index (χ1n) is 4.70. The van der Waals surface area contributed by atoms with E-state index >= 15 is 0 Å².